The molecule has 0 unspecified atom stereocenters. The summed E-state index contributed by atoms with van der Waals surface area (Å²) in [6, 6.07) is 22.7. The smallest absolute Gasteiger partial charge is 0.223 e. The Morgan fingerprint density at radius 1 is 0.921 bits per heavy atom. The number of thiazole rings is 2. The lowest BCUT2D eigenvalue weighted by molar-refractivity contribution is -0.117. The molecule has 0 radical (unpaired) electrons. The van der Waals surface area contributed by atoms with Crippen LogP contribution in [0.5, 0.6) is 0 Å². The van der Waals surface area contributed by atoms with Crippen LogP contribution in [0.15, 0.2) is 79.1 Å². The van der Waals surface area contributed by atoms with Gasteiger partial charge < -0.3 is 10.8 Å². The molecule has 1 aliphatic carbocycles. The maximum Gasteiger partial charge on any atom is 0.223 e. The number of hydrogen-bond donors (Lipinski definition) is 2. The van der Waals surface area contributed by atoms with Gasteiger partial charge in [0.2, 0.25) is 5.91 Å². The van der Waals surface area contributed by atoms with Gasteiger partial charge in [-0.05, 0) is 48.9 Å². The normalized spacial score (nSPS) is 18.7. The van der Waals surface area contributed by atoms with Crippen molar-refractivity contribution < 1.29 is 9.90 Å². The molecule has 6 nitrogen and oxygen atoms in total. The van der Waals surface area contributed by atoms with Gasteiger partial charge in [-0.25, -0.2) is 9.97 Å². The third-order valence-electron chi connectivity index (χ3n) is 6.83. The number of benzene rings is 2. The molecule has 0 spiro atoms. The van der Waals surface area contributed by atoms with E-state index in [1.54, 1.807) is 28.9 Å². The van der Waals surface area contributed by atoms with Gasteiger partial charge in [-0.15, -0.1) is 22.7 Å². The molecule has 6 rings (SSSR count). The van der Waals surface area contributed by atoms with E-state index in [4.69, 9.17) is 10.7 Å². The molecule has 1 aliphatic rings. The van der Waals surface area contributed by atoms with Gasteiger partial charge in [0.1, 0.15) is 10.0 Å². The molecule has 3 N–H and O–H groups in total. The highest BCUT2D eigenvalue weighted by Crippen LogP contribution is 2.46. The standard InChI is InChI=1S/C30H26N4O2S2/c1-30(36)14-22(15-30)18-7-9-19(10-8-18)26-27(20-5-3-2-4-6-20)38-29(34-26)24-17-33-28(37-24)21-11-12-23(32-16-21)13-25(31)35/h2-12,16-17,22,36H,13-15H2,1H3,(H2,31,35)/t22-,30-. The van der Waals surface area contributed by atoms with Crippen molar-refractivity contribution >= 4 is 28.6 Å². The fraction of sp³-hybridized carbons (Fsp3) is 0.200. The molecule has 2 aromatic carbocycles. The molecule has 0 atom stereocenters. The molecular formula is C30H26N4O2S2. The van der Waals surface area contributed by atoms with Gasteiger partial charge in [-0.2, -0.15) is 0 Å². The fourth-order valence-electron chi connectivity index (χ4n) is 4.90. The van der Waals surface area contributed by atoms with E-state index < -0.39 is 11.5 Å². The third-order valence-corrected chi connectivity index (χ3v) is 9.15. The number of nitrogens with two attached hydrogens (primary N) is 1. The lowest BCUT2D eigenvalue weighted by atomic mass is 9.69. The molecule has 190 valence electrons. The zero-order valence-corrected chi connectivity index (χ0v) is 22.4. The van der Waals surface area contributed by atoms with Gasteiger partial charge >= 0.3 is 0 Å². The molecule has 38 heavy (non-hydrogen) atoms. The van der Waals surface area contributed by atoms with Gasteiger partial charge in [0.05, 0.1) is 27.5 Å². The largest absolute Gasteiger partial charge is 0.390 e. The summed E-state index contributed by atoms with van der Waals surface area (Å²) in [4.78, 5) is 27.3. The minimum Gasteiger partial charge on any atom is -0.390 e. The van der Waals surface area contributed by atoms with Gasteiger partial charge in [0.15, 0.2) is 0 Å². The lowest BCUT2D eigenvalue weighted by Crippen LogP contribution is -2.39. The highest BCUT2D eigenvalue weighted by molar-refractivity contribution is 7.25. The number of hydrogen-bond acceptors (Lipinski definition) is 7. The minimum atomic E-state index is -0.539. The Morgan fingerprint density at radius 3 is 2.32 bits per heavy atom. The van der Waals surface area contributed by atoms with E-state index in [0.717, 1.165) is 55.0 Å². The van der Waals surface area contributed by atoms with E-state index >= 15 is 0 Å². The molecule has 1 amide bonds. The van der Waals surface area contributed by atoms with Crippen molar-refractivity contribution in [1.29, 1.82) is 0 Å². The Balaban J connectivity index is 1.32. The number of rotatable bonds is 7. The Hall–Kier alpha value is -3.72. The molecule has 0 bridgehead atoms. The summed E-state index contributed by atoms with van der Waals surface area (Å²) in [5.74, 6) is 0.00927. The van der Waals surface area contributed by atoms with Crippen LogP contribution in [0.25, 0.3) is 42.2 Å². The van der Waals surface area contributed by atoms with Crippen LogP contribution in [0.4, 0.5) is 0 Å². The van der Waals surface area contributed by atoms with Crippen LogP contribution >= 0.6 is 22.7 Å². The first-order chi connectivity index (χ1) is 18.3. The summed E-state index contributed by atoms with van der Waals surface area (Å²) < 4.78 is 0. The van der Waals surface area contributed by atoms with Gasteiger partial charge in [0, 0.05) is 29.2 Å². The summed E-state index contributed by atoms with van der Waals surface area (Å²) in [5, 5.41) is 11.9. The Bertz CT molecular complexity index is 1580. The molecule has 1 saturated carbocycles. The molecule has 3 heterocycles. The maximum absolute atomic E-state index is 11.2. The second-order valence-corrected chi connectivity index (χ2v) is 12.0. The van der Waals surface area contributed by atoms with E-state index in [0.29, 0.717) is 11.6 Å². The average Bonchev–Trinajstić information content (AvgIpc) is 3.56. The van der Waals surface area contributed by atoms with E-state index in [2.05, 4.69) is 46.4 Å². The summed E-state index contributed by atoms with van der Waals surface area (Å²) in [6.45, 7) is 1.90. The number of carbonyl (C=O) groups excluding carboxylic acids is 1. The van der Waals surface area contributed by atoms with Crippen molar-refractivity contribution in [3.05, 3.63) is 90.4 Å². The van der Waals surface area contributed by atoms with Crippen molar-refractivity contribution in [2.75, 3.05) is 0 Å². The van der Waals surface area contributed by atoms with Crippen molar-refractivity contribution in [3.63, 3.8) is 0 Å². The quantitative estimate of drug-likeness (QED) is 0.252. The summed E-state index contributed by atoms with van der Waals surface area (Å²) in [6.07, 6.45) is 5.32. The van der Waals surface area contributed by atoms with Crippen molar-refractivity contribution in [3.8, 4) is 42.2 Å². The van der Waals surface area contributed by atoms with E-state index in [1.165, 1.54) is 5.56 Å². The Morgan fingerprint density at radius 2 is 1.66 bits per heavy atom. The fourth-order valence-corrected chi connectivity index (χ4v) is 6.94. The van der Waals surface area contributed by atoms with Crippen molar-refractivity contribution in [1.82, 2.24) is 15.0 Å². The second-order valence-electron chi connectivity index (χ2n) is 10.00. The monoisotopic (exact) mass is 538 g/mol. The molecule has 3 aromatic heterocycles. The number of aromatic nitrogens is 3. The number of carbonyl (C=O) groups is 1. The molecule has 1 fully saturated rings. The van der Waals surface area contributed by atoms with Crippen LogP contribution in [0.3, 0.4) is 0 Å². The van der Waals surface area contributed by atoms with Gasteiger partial charge in [-0.3, -0.25) is 9.78 Å². The minimum absolute atomic E-state index is 0.121. The van der Waals surface area contributed by atoms with Crippen LogP contribution in [0.1, 0.15) is 36.9 Å². The first-order valence-electron chi connectivity index (χ1n) is 12.4. The summed E-state index contributed by atoms with van der Waals surface area (Å²) >= 11 is 3.23. The predicted molar refractivity (Wildman–Crippen MR) is 153 cm³/mol. The first kappa shape index (κ1) is 24.6. The predicted octanol–water partition coefficient (Wildman–Crippen LogP) is 6.32. The van der Waals surface area contributed by atoms with E-state index in [9.17, 15) is 9.90 Å². The number of amides is 1. The summed E-state index contributed by atoms with van der Waals surface area (Å²) in [5.41, 5.74) is 10.7. The number of aliphatic hydroxyl groups is 1. The number of pyridine rings is 1. The molecular weight excluding hydrogens is 512 g/mol. The first-order valence-corrected chi connectivity index (χ1v) is 14.1. The topological polar surface area (TPSA) is 102 Å². The Kier molecular flexibility index (Phi) is 6.39. The molecule has 5 aromatic rings. The Labute approximate surface area is 228 Å². The third kappa shape index (κ3) is 5.03. The molecule has 8 heteroatoms. The van der Waals surface area contributed by atoms with Gasteiger partial charge in [-0.1, -0.05) is 54.6 Å². The molecule has 0 aliphatic heterocycles. The lowest BCUT2D eigenvalue weighted by Gasteiger charge is -2.41. The highest BCUT2D eigenvalue weighted by atomic mass is 32.1. The van der Waals surface area contributed by atoms with Crippen molar-refractivity contribution in [2.45, 2.75) is 37.7 Å². The van der Waals surface area contributed by atoms with Crippen LogP contribution < -0.4 is 5.73 Å². The zero-order valence-electron chi connectivity index (χ0n) is 20.8. The maximum atomic E-state index is 11.2. The van der Waals surface area contributed by atoms with Gasteiger partial charge in [0.25, 0.3) is 0 Å². The van der Waals surface area contributed by atoms with Crippen LogP contribution in [0.2, 0.25) is 0 Å². The van der Waals surface area contributed by atoms with E-state index in [-0.39, 0.29) is 6.42 Å². The molecule has 0 saturated heterocycles. The highest BCUT2D eigenvalue weighted by Gasteiger charge is 2.38. The summed E-state index contributed by atoms with van der Waals surface area (Å²) in [7, 11) is 0. The van der Waals surface area contributed by atoms with E-state index in [1.807, 2.05) is 43.5 Å². The van der Waals surface area contributed by atoms with Crippen LogP contribution in [-0.4, -0.2) is 31.6 Å². The zero-order chi connectivity index (χ0) is 26.3. The number of primary amides is 1. The van der Waals surface area contributed by atoms with Crippen molar-refractivity contribution in [2.24, 2.45) is 5.73 Å². The van der Waals surface area contributed by atoms with Crippen LogP contribution in [0, 0.1) is 0 Å². The van der Waals surface area contributed by atoms with Crippen LogP contribution in [-0.2, 0) is 11.2 Å². The SMILES string of the molecule is C[C@]1(O)C[C@H](c2ccc(-c3nc(-c4cnc(-c5ccc(CC(N)=O)nc5)s4)sc3-c3ccccc3)cc2)C1. The average molecular weight is 539 g/mol. The number of nitrogens with zero attached hydrogens (tertiary/aromatic N) is 3. The second kappa shape index (κ2) is 9.87.